The van der Waals surface area contributed by atoms with Crippen LogP contribution >= 0.6 is 11.9 Å². The van der Waals surface area contributed by atoms with Crippen molar-refractivity contribution in [2.45, 2.75) is 4.90 Å². The zero-order chi connectivity index (χ0) is 8.97. The first-order valence-electron chi connectivity index (χ1n) is 3.31. The van der Waals surface area contributed by atoms with Crippen molar-refractivity contribution in [3.8, 4) is 6.07 Å². The molecule has 1 rings (SSSR count). The monoisotopic (exact) mass is 182 g/mol. The minimum atomic E-state index is -0.474. The molecule has 12 heavy (non-hydrogen) atoms. The molecule has 0 aliphatic rings. The Labute approximate surface area is 74.5 Å². The van der Waals surface area contributed by atoms with E-state index in [1.807, 2.05) is 0 Å². The van der Waals surface area contributed by atoms with E-state index in [0.717, 1.165) is 4.90 Å². The Morgan fingerprint density at radius 3 is 2.92 bits per heavy atom. The van der Waals surface area contributed by atoms with Gasteiger partial charge in [0.25, 0.3) is 0 Å². The van der Waals surface area contributed by atoms with E-state index < -0.39 is 5.82 Å². The van der Waals surface area contributed by atoms with Crippen molar-refractivity contribution in [3.05, 3.63) is 29.6 Å². The van der Waals surface area contributed by atoms with Gasteiger partial charge in [-0.05, 0) is 37.2 Å². The molecule has 0 spiro atoms. The molecule has 0 saturated carbocycles. The standard InChI is InChI=1S/C8H7FN2S/c1-11-12-7-2-3-8(9)6(4-7)5-10/h2-4,11H,1H3. The van der Waals surface area contributed by atoms with E-state index in [0.29, 0.717) is 0 Å². The maximum Gasteiger partial charge on any atom is 0.141 e. The van der Waals surface area contributed by atoms with Crippen molar-refractivity contribution < 1.29 is 4.39 Å². The lowest BCUT2D eigenvalue weighted by Gasteiger charge is -1.99. The molecule has 0 amide bonds. The smallest absolute Gasteiger partial charge is 0.141 e. The molecular weight excluding hydrogens is 175 g/mol. The van der Waals surface area contributed by atoms with Crippen LogP contribution in [0.4, 0.5) is 4.39 Å². The van der Waals surface area contributed by atoms with E-state index in [9.17, 15) is 4.39 Å². The van der Waals surface area contributed by atoms with E-state index in [1.54, 1.807) is 19.2 Å². The van der Waals surface area contributed by atoms with Crippen LogP contribution in [0, 0.1) is 17.1 Å². The summed E-state index contributed by atoms with van der Waals surface area (Å²) in [4.78, 5) is 0.829. The first kappa shape index (κ1) is 9.04. The van der Waals surface area contributed by atoms with Gasteiger partial charge in [0.1, 0.15) is 11.9 Å². The molecular formula is C8H7FN2S. The summed E-state index contributed by atoms with van der Waals surface area (Å²) >= 11 is 1.35. The average molecular weight is 182 g/mol. The molecule has 0 unspecified atom stereocenters. The highest BCUT2D eigenvalue weighted by Gasteiger charge is 2.01. The van der Waals surface area contributed by atoms with Gasteiger partial charge in [0.15, 0.2) is 0 Å². The summed E-state index contributed by atoms with van der Waals surface area (Å²) in [7, 11) is 1.76. The van der Waals surface area contributed by atoms with Crippen LogP contribution in [-0.4, -0.2) is 7.05 Å². The molecule has 2 nitrogen and oxygen atoms in total. The summed E-state index contributed by atoms with van der Waals surface area (Å²) in [6.07, 6.45) is 0. The molecule has 0 bridgehead atoms. The lowest BCUT2D eigenvalue weighted by molar-refractivity contribution is 0.622. The fourth-order valence-corrected chi connectivity index (χ4v) is 1.32. The molecule has 0 saturated heterocycles. The van der Waals surface area contributed by atoms with Gasteiger partial charge in [-0.25, -0.2) is 4.39 Å². The Morgan fingerprint density at radius 2 is 2.33 bits per heavy atom. The normalized spacial score (nSPS) is 9.42. The van der Waals surface area contributed by atoms with Crippen LogP contribution in [0.1, 0.15) is 5.56 Å². The summed E-state index contributed by atoms with van der Waals surface area (Å²) in [5.41, 5.74) is 0.0789. The van der Waals surface area contributed by atoms with E-state index in [4.69, 9.17) is 5.26 Å². The summed E-state index contributed by atoms with van der Waals surface area (Å²) in [5.74, 6) is -0.474. The topological polar surface area (TPSA) is 35.8 Å². The van der Waals surface area contributed by atoms with E-state index >= 15 is 0 Å². The van der Waals surface area contributed by atoms with Gasteiger partial charge in [-0.2, -0.15) is 5.26 Å². The van der Waals surface area contributed by atoms with Crippen LogP contribution in [0.25, 0.3) is 0 Å². The lowest BCUT2D eigenvalue weighted by Crippen LogP contribution is -1.91. The Balaban J connectivity index is 2.99. The summed E-state index contributed by atoms with van der Waals surface area (Å²) < 4.78 is 15.6. The highest BCUT2D eigenvalue weighted by atomic mass is 32.2. The zero-order valence-electron chi connectivity index (χ0n) is 6.47. The second kappa shape index (κ2) is 4.10. The third-order valence-electron chi connectivity index (χ3n) is 1.28. The average Bonchev–Trinajstić information content (AvgIpc) is 2.09. The maximum absolute atomic E-state index is 12.8. The van der Waals surface area contributed by atoms with Crippen LogP contribution in [0.15, 0.2) is 23.1 Å². The van der Waals surface area contributed by atoms with Crippen molar-refractivity contribution in [1.82, 2.24) is 4.72 Å². The Bertz CT molecular complexity index is 319. The Hall–Kier alpha value is -1.05. The number of hydrogen-bond acceptors (Lipinski definition) is 3. The first-order chi connectivity index (χ1) is 5.77. The lowest BCUT2D eigenvalue weighted by atomic mass is 10.2. The number of hydrogen-bond donors (Lipinski definition) is 1. The van der Waals surface area contributed by atoms with Crippen molar-refractivity contribution in [2.24, 2.45) is 0 Å². The summed E-state index contributed by atoms with van der Waals surface area (Å²) in [6, 6.07) is 6.20. The molecule has 0 radical (unpaired) electrons. The highest BCUT2D eigenvalue weighted by Crippen LogP contribution is 2.17. The number of nitriles is 1. The van der Waals surface area contributed by atoms with Gasteiger partial charge in [0, 0.05) is 4.90 Å². The second-order valence-electron chi connectivity index (χ2n) is 2.06. The molecule has 1 aromatic rings. The van der Waals surface area contributed by atoms with Gasteiger partial charge in [-0.15, -0.1) is 0 Å². The fraction of sp³-hybridized carbons (Fsp3) is 0.125. The predicted molar refractivity (Wildman–Crippen MR) is 46.0 cm³/mol. The zero-order valence-corrected chi connectivity index (χ0v) is 7.28. The van der Waals surface area contributed by atoms with E-state index in [-0.39, 0.29) is 5.56 Å². The molecule has 4 heteroatoms. The molecule has 1 N–H and O–H groups in total. The number of benzene rings is 1. The van der Waals surface area contributed by atoms with E-state index in [1.165, 1.54) is 24.1 Å². The van der Waals surface area contributed by atoms with Crippen molar-refractivity contribution in [3.63, 3.8) is 0 Å². The Morgan fingerprint density at radius 1 is 1.58 bits per heavy atom. The van der Waals surface area contributed by atoms with Crippen LogP contribution in [0.3, 0.4) is 0 Å². The predicted octanol–water partition coefficient (Wildman–Crippen LogP) is 1.92. The van der Waals surface area contributed by atoms with Crippen molar-refractivity contribution in [2.75, 3.05) is 7.05 Å². The Kier molecular flexibility index (Phi) is 3.09. The SMILES string of the molecule is CNSc1ccc(F)c(C#N)c1. The van der Waals surface area contributed by atoms with Crippen LogP contribution in [-0.2, 0) is 0 Å². The van der Waals surface area contributed by atoms with Crippen LogP contribution in [0.5, 0.6) is 0 Å². The number of halogens is 1. The molecule has 0 aliphatic carbocycles. The molecule has 0 fully saturated rings. The van der Waals surface area contributed by atoms with Crippen molar-refractivity contribution in [1.29, 1.82) is 5.26 Å². The number of rotatable bonds is 2. The minimum absolute atomic E-state index is 0.0789. The molecule has 0 aromatic heterocycles. The first-order valence-corrected chi connectivity index (χ1v) is 4.13. The maximum atomic E-state index is 12.8. The number of nitrogens with zero attached hydrogens (tertiary/aromatic N) is 1. The largest absolute Gasteiger partial charge is 0.263 e. The minimum Gasteiger partial charge on any atom is -0.263 e. The molecule has 0 heterocycles. The highest BCUT2D eigenvalue weighted by molar-refractivity contribution is 7.97. The van der Waals surface area contributed by atoms with Gasteiger partial charge in [-0.1, -0.05) is 0 Å². The van der Waals surface area contributed by atoms with E-state index in [2.05, 4.69) is 4.72 Å². The van der Waals surface area contributed by atoms with Gasteiger partial charge < -0.3 is 0 Å². The summed E-state index contributed by atoms with van der Waals surface area (Å²) in [6.45, 7) is 0. The van der Waals surface area contributed by atoms with Gasteiger partial charge in [-0.3, -0.25) is 4.72 Å². The molecule has 1 aromatic carbocycles. The molecule has 0 aliphatic heterocycles. The van der Waals surface area contributed by atoms with Crippen LogP contribution < -0.4 is 4.72 Å². The van der Waals surface area contributed by atoms with Gasteiger partial charge >= 0.3 is 0 Å². The third kappa shape index (κ3) is 1.97. The van der Waals surface area contributed by atoms with Gasteiger partial charge in [0.2, 0.25) is 0 Å². The fourth-order valence-electron chi connectivity index (χ4n) is 0.771. The van der Waals surface area contributed by atoms with Gasteiger partial charge in [0.05, 0.1) is 5.56 Å². The molecule has 62 valence electrons. The summed E-state index contributed by atoms with van der Waals surface area (Å²) in [5, 5.41) is 8.49. The second-order valence-corrected chi connectivity index (χ2v) is 3.14. The number of nitrogens with one attached hydrogen (secondary N) is 1. The molecule has 0 atom stereocenters. The van der Waals surface area contributed by atoms with Crippen molar-refractivity contribution >= 4 is 11.9 Å². The third-order valence-corrected chi connectivity index (χ3v) is 1.97. The quantitative estimate of drug-likeness (QED) is 0.710. The van der Waals surface area contributed by atoms with Crippen LogP contribution in [0.2, 0.25) is 0 Å².